The van der Waals surface area contributed by atoms with Crippen LogP contribution in [0.15, 0.2) is 71.5 Å². The summed E-state index contributed by atoms with van der Waals surface area (Å²) in [5.74, 6) is 1.64. The Morgan fingerprint density at radius 3 is 2.70 bits per heavy atom. The van der Waals surface area contributed by atoms with E-state index < -0.39 is 0 Å². The summed E-state index contributed by atoms with van der Waals surface area (Å²) in [5.41, 5.74) is 1.57. The summed E-state index contributed by atoms with van der Waals surface area (Å²) in [7, 11) is 1.60. The van der Waals surface area contributed by atoms with Crippen molar-refractivity contribution in [2.75, 3.05) is 12.4 Å². The van der Waals surface area contributed by atoms with E-state index in [0.717, 1.165) is 11.3 Å². The number of nitrogens with zero attached hydrogens (tertiary/aromatic N) is 4. The minimum atomic E-state index is -0.360. The molecular formula is C21H17N5O4. The Morgan fingerprint density at radius 2 is 1.93 bits per heavy atom. The van der Waals surface area contributed by atoms with E-state index in [-0.39, 0.29) is 18.2 Å². The molecule has 0 aliphatic heterocycles. The molecule has 1 amide bonds. The van der Waals surface area contributed by atoms with Gasteiger partial charge in [-0.25, -0.2) is 4.98 Å². The second-order valence-electron chi connectivity index (χ2n) is 6.09. The van der Waals surface area contributed by atoms with E-state index in [1.165, 1.54) is 18.6 Å². The molecule has 0 saturated heterocycles. The molecule has 0 aliphatic carbocycles. The van der Waals surface area contributed by atoms with Crippen molar-refractivity contribution >= 4 is 11.6 Å². The fourth-order valence-electron chi connectivity index (χ4n) is 2.58. The quantitative estimate of drug-likeness (QED) is 0.500. The molecule has 2 heterocycles. The molecule has 0 fully saturated rings. The fourth-order valence-corrected chi connectivity index (χ4v) is 2.58. The lowest BCUT2D eigenvalue weighted by Gasteiger charge is -2.07. The van der Waals surface area contributed by atoms with Crippen LogP contribution in [0.25, 0.3) is 11.5 Å². The van der Waals surface area contributed by atoms with E-state index in [1.807, 2.05) is 24.3 Å². The summed E-state index contributed by atoms with van der Waals surface area (Å²) < 4.78 is 16.5. The Bertz CT molecular complexity index is 1130. The first-order valence-corrected chi connectivity index (χ1v) is 8.98. The van der Waals surface area contributed by atoms with Crippen LogP contribution in [0.3, 0.4) is 0 Å². The third-order valence-electron chi connectivity index (χ3n) is 4.05. The third kappa shape index (κ3) is 4.58. The van der Waals surface area contributed by atoms with Gasteiger partial charge < -0.3 is 19.2 Å². The summed E-state index contributed by atoms with van der Waals surface area (Å²) in [6, 6.07) is 14.3. The molecule has 0 saturated carbocycles. The number of carbonyl (C=O) groups is 1. The molecule has 2 aromatic carbocycles. The van der Waals surface area contributed by atoms with Crippen molar-refractivity contribution in [1.82, 2.24) is 20.2 Å². The highest BCUT2D eigenvalue weighted by Crippen LogP contribution is 2.22. The third-order valence-corrected chi connectivity index (χ3v) is 4.05. The Balaban J connectivity index is 1.38. The lowest BCUT2D eigenvalue weighted by atomic mass is 10.2. The van der Waals surface area contributed by atoms with Crippen molar-refractivity contribution in [2.24, 2.45) is 0 Å². The molecule has 0 spiro atoms. The summed E-state index contributed by atoms with van der Waals surface area (Å²) >= 11 is 0. The second-order valence-corrected chi connectivity index (χ2v) is 6.09. The molecule has 4 aromatic rings. The maximum atomic E-state index is 12.2. The lowest BCUT2D eigenvalue weighted by Crippen LogP contribution is -2.13. The monoisotopic (exact) mass is 403 g/mol. The van der Waals surface area contributed by atoms with Gasteiger partial charge in [0.2, 0.25) is 5.89 Å². The smallest absolute Gasteiger partial charge is 0.275 e. The van der Waals surface area contributed by atoms with Crippen molar-refractivity contribution in [3.63, 3.8) is 0 Å². The molecule has 4 rings (SSSR count). The van der Waals surface area contributed by atoms with Crippen molar-refractivity contribution in [2.45, 2.75) is 6.61 Å². The van der Waals surface area contributed by atoms with Gasteiger partial charge in [0.1, 0.15) is 17.2 Å². The van der Waals surface area contributed by atoms with Crippen LogP contribution in [0.5, 0.6) is 11.5 Å². The van der Waals surface area contributed by atoms with E-state index in [1.54, 1.807) is 31.4 Å². The van der Waals surface area contributed by atoms with E-state index in [9.17, 15) is 4.79 Å². The average Bonchev–Trinajstić information content (AvgIpc) is 3.28. The number of carbonyl (C=O) groups excluding carboxylic acids is 1. The van der Waals surface area contributed by atoms with Crippen molar-refractivity contribution < 1.29 is 18.7 Å². The van der Waals surface area contributed by atoms with Gasteiger partial charge >= 0.3 is 0 Å². The molecule has 1 N–H and O–H groups in total. The maximum Gasteiger partial charge on any atom is 0.275 e. The standard InChI is InChI=1S/C21H17N5O4/c1-28-16-7-5-14(6-8-16)21-26-25-19(30-21)13-29-17-4-2-3-15(11-17)24-20(27)18-12-22-9-10-23-18/h2-12H,13H2,1H3,(H,24,27). The Morgan fingerprint density at radius 1 is 1.07 bits per heavy atom. The van der Waals surface area contributed by atoms with Gasteiger partial charge in [-0.05, 0) is 36.4 Å². The minimum Gasteiger partial charge on any atom is -0.497 e. The van der Waals surface area contributed by atoms with Gasteiger partial charge in [0.05, 0.1) is 13.3 Å². The van der Waals surface area contributed by atoms with Crippen LogP contribution in [-0.2, 0) is 6.61 Å². The maximum absolute atomic E-state index is 12.2. The van der Waals surface area contributed by atoms with Crippen molar-refractivity contribution in [3.8, 4) is 23.0 Å². The molecule has 0 unspecified atom stereocenters. The average molecular weight is 403 g/mol. The molecule has 150 valence electrons. The van der Waals surface area contributed by atoms with Gasteiger partial charge in [0, 0.05) is 29.7 Å². The zero-order chi connectivity index (χ0) is 20.8. The van der Waals surface area contributed by atoms with Crippen LogP contribution in [0.1, 0.15) is 16.4 Å². The van der Waals surface area contributed by atoms with Gasteiger partial charge in [-0.1, -0.05) is 6.07 Å². The molecule has 9 nitrogen and oxygen atoms in total. The molecule has 2 aromatic heterocycles. The predicted octanol–water partition coefficient (Wildman–Crippen LogP) is 3.37. The number of anilines is 1. The van der Waals surface area contributed by atoms with E-state index in [2.05, 4.69) is 25.5 Å². The zero-order valence-electron chi connectivity index (χ0n) is 16.0. The number of amides is 1. The van der Waals surface area contributed by atoms with Crippen LogP contribution >= 0.6 is 0 Å². The largest absolute Gasteiger partial charge is 0.497 e. The number of aromatic nitrogens is 4. The first kappa shape index (κ1) is 19.1. The summed E-state index contributed by atoms with van der Waals surface area (Å²) in [6.07, 6.45) is 4.35. The topological polar surface area (TPSA) is 112 Å². The van der Waals surface area contributed by atoms with Gasteiger partial charge in [0.15, 0.2) is 6.61 Å². The van der Waals surface area contributed by atoms with Gasteiger partial charge in [-0.3, -0.25) is 9.78 Å². The van der Waals surface area contributed by atoms with Gasteiger partial charge in [-0.2, -0.15) is 0 Å². The molecule has 0 aliphatic rings. The minimum absolute atomic E-state index is 0.0880. The Kier molecular flexibility index (Phi) is 5.61. The normalized spacial score (nSPS) is 10.4. The van der Waals surface area contributed by atoms with E-state index >= 15 is 0 Å². The zero-order valence-corrected chi connectivity index (χ0v) is 16.0. The van der Waals surface area contributed by atoms with Crippen molar-refractivity contribution in [1.29, 1.82) is 0 Å². The number of ether oxygens (including phenoxy) is 2. The first-order chi connectivity index (χ1) is 14.7. The number of methoxy groups -OCH3 is 1. The number of rotatable bonds is 7. The van der Waals surface area contributed by atoms with Gasteiger partial charge in [-0.15, -0.1) is 10.2 Å². The van der Waals surface area contributed by atoms with Crippen LogP contribution in [0.4, 0.5) is 5.69 Å². The summed E-state index contributed by atoms with van der Waals surface area (Å²) in [6.45, 7) is 0.0880. The molecular weight excluding hydrogens is 386 g/mol. The fraction of sp³-hybridized carbons (Fsp3) is 0.0952. The number of hydrogen-bond acceptors (Lipinski definition) is 8. The molecule has 0 bridgehead atoms. The Labute approximate surface area is 171 Å². The highest BCUT2D eigenvalue weighted by molar-refractivity contribution is 6.02. The second kappa shape index (κ2) is 8.82. The molecule has 30 heavy (non-hydrogen) atoms. The lowest BCUT2D eigenvalue weighted by molar-refractivity contribution is 0.102. The van der Waals surface area contributed by atoms with Crippen LogP contribution in [0, 0.1) is 0 Å². The van der Waals surface area contributed by atoms with Crippen LogP contribution in [0.2, 0.25) is 0 Å². The predicted molar refractivity (Wildman–Crippen MR) is 107 cm³/mol. The number of hydrogen-bond donors (Lipinski definition) is 1. The number of nitrogens with one attached hydrogen (secondary N) is 1. The number of benzene rings is 2. The highest BCUT2D eigenvalue weighted by atomic mass is 16.5. The molecule has 0 atom stereocenters. The van der Waals surface area contributed by atoms with E-state index in [0.29, 0.717) is 23.2 Å². The van der Waals surface area contributed by atoms with Gasteiger partial charge in [0.25, 0.3) is 11.8 Å². The molecule has 0 radical (unpaired) electrons. The van der Waals surface area contributed by atoms with E-state index in [4.69, 9.17) is 13.9 Å². The van der Waals surface area contributed by atoms with Crippen LogP contribution < -0.4 is 14.8 Å². The molecule has 9 heteroatoms. The summed E-state index contributed by atoms with van der Waals surface area (Å²) in [5, 5.41) is 10.8. The highest BCUT2D eigenvalue weighted by Gasteiger charge is 2.11. The first-order valence-electron chi connectivity index (χ1n) is 8.98. The van der Waals surface area contributed by atoms with Crippen LogP contribution in [-0.4, -0.2) is 33.2 Å². The van der Waals surface area contributed by atoms with Crippen molar-refractivity contribution in [3.05, 3.63) is 78.7 Å². The Hall–Kier alpha value is -4.27. The SMILES string of the molecule is COc1ccc(-c2nnc(COc3cccc(NC(=O)c4cnccn4)c3)o2)cc1. The summed E-state index contributed by atoms with van der Waals surface area (Å²) in [4.78, 5) is 20.0.